The zero-order chi connectivity index (χ0) is 10.9. The maximum absolute atomic E-state index is 12.3. The smallest absolute Gasteiger partial charge is 0.334 e. The van der Waals surface area contributed by atoms with E-state index in [1.807, 2.05) is 0 Å². The van der Waals surface area contributed by atoms with Crippen molar-refractivity contribution in [2.45, 2.75) is 6.43 Å². The highest BCUT2D eigenvalue weighted by Gasteiger charge is 2.25. The lowest BCUT2D eigenvalue weighted by molar-refractivity contribution is -0.391. The third-order valence-corrected chi connectivity index (χ3v) is 2.00. The van der Waals surface area contributed by atoms with Gasteiger partial charge < -0.3 is 10.1 Å². The summed E-state index contributed by atoms with van der Waals surface area (Å²) in [5.74, 6) is -0.947. The first-order valence-electron chi connectivity index (χ1n) is 3.28. The summed E-state index contributed by atoms with van der Waals surface area (Å²) < 4.78 is 24.6. The lowest BCUT2D eigenvalue weighted by Gasteiger charge is -2.01. The summed E-state index contributed by atoms with van der Waals surface area (Å²) >= 11 is 1.60. The predicted octanol–water partition coefficient (Wildman–Crippen LogP) is 1.83. The van der Waals surface area contributed by atoms with E-state index in [0.29, 0.717) is 0 Å². The number of halogens is 3. The van der Waals surface area contributed by atoms with Crippen LogP contribution < -0.4 is 5.43 Å². The van der Waals surface area contributed by atoms with Crippen LogP contribution in [-0.2, 0) is 0 Å². The summed E-state index contributed by atoms with van der Waals surface area (Å²) in [6.45, 7) is 0. The zero-order valence-corrected chi connectivity index (χ0v) is 8.62. The summed E-state index contributed by atoms with van der Waals surface area (Å²) in [7, 11) is 0. The molecular weight excluding hydrogens is 313 g/mol. The van der Waals surface area contributed by atoms with E-state index in [1.54, 1.807) is 22.6 Å². The number of nitrogens with zero attached hydrogens (tertiary/aromatic N) is 1. The molecule has 0 radical (unpaired) electrons. The van der Waals surface area contributed by atoms with Gasteiger partial charge in [-0.3, -0.25) is 4.79 Å². The zero-order valence-electron chi connectivity index (χ0n) is 6.46. The fraction of sp³-hybridized carbons (Fsp3) is 0.167. The molecule has 0 aromatic carbocycles. The van der Waals surface area contributed by atoms with Crippen LogP contribution in [0.2, 0.25) is 0 Å². The fourth-order valence-electron chi connectivity index (χ4n) is 0.881. The van der Waals surface area contributed by atoms with Gasteiger partial charge in [0.05, 0.1) is 0 Å². The Balaban J connectivity index is 3.53. The van der Waals surface area contributed by atoms with Gasteiger partial charge in [-0.25, -0.2) is 13.8 Å². The second-order valence-corrected chi connectivity index (χ2v) is 3.46. The minimum Gasteiger partial charge on any atom is -0.358 e. The molecule has 0 bridgehead atoms. The average Bonchev–Trinajstić information content (AvgIpc) is 2.01. The van der Waals surface area contributed by atoms with Crippen LogP contribution in [0.1, 0.15) is 12.0 Å². The maximum Gasteiger partial charge on any atom is 0.334 e. The molecule has 14 heavy (non-hydrogen) atoms. The average molecular weight is 316 g/mol. The summed E-state index contributed by atoms with van der Waals surface area (Å²) in [4.78, 5) is 22.4. The van der Waals surface area contributed by atoms with Crippen molar-refractivity contribution in [1.29, 1.82) is 0 Å². The van der Waals surface area contributed by atoms with E-state index in [2.05, 4.69) is 4.98 Å². The Morgan fingerprint density at radius 2 is 2.14 bits per heavy atom. The molecule has 1 rings (SSSR count). The van der Waals surface area contributed by atoms with Gasteiger partial charge in [0.25, 0.3) is 6.43 Å². The van der Waals surface area contributed by atoms with Crippen molar-refractivity contribution < 1.29 is 13.7 Å². The molecule has 76 valence electrons. The van der Waals surface area contributed by atoms with Crippen molar-refractivity contribution in [1.82, 2.24) is 4.98 Å². The normalized spacial score (nSPS) is 10.6. The van der Waals surface area contributed by atoms with Crippen LogP contribution in [-0.4, -0.2) is 9.91 Å². The summed E-state index contributed by atoms with van der Waals surface area (Å²) in [6.07, 6.45) is -3.16. The van der Waals surface area contributed by atoms with Crippen molar-refractivity contribution >= 4 is 28.4 Å². The third kappa shape index (κ3) is 2.05. The first kappa shape index (κ1) is 11.0. The van der Waals surface area contributed by atoms with Gasteiger partial charge in [0.15, 0.2) is 9.26 Å². The van der Waals surface area contributed by atoms with Gasteiger partial charge in [-0.1, -0.05) is 0 Å². The standard InChI is InChI=1S/C6H3F2IN2O3/c7-5(8)4-2(12)1-3(9)10-6(4)11(13)14/h1,5H,(H,10,12). The number of pyridine rings is 1. The highest BCUT2D eigenvalue weighted by molar-refractivity contribution is 14.1. The Morgan fingerprint density at radius 1 is 1.57 bits per heavy atom. The van der Waals surface area contributed by atoms with Crippen molar-refractivity contribution in [3.63, 3.8) is 0 Å². The van der Waals surface area contributed by atoms with Crippen LogP contribution in [0.25, 0.3) is 0 Å². The summed E-state index contributed by atoms with van der Waals surface area (Å²) in [5, 5.41) is 10.3. The number of hydrogen-bond donors (Lipinski definition) is 1. The number of hydrogen-bond acceptors (Lipinski definition) is 3. The van der Waals surface area contributed by atoms with Gasteiger partial charge in [0, 0.05) is 28.7 Å². The highest BCUT2D eigenvalue weighted by Crippen LogP contribution is 2.23. The molecule has 5 nitrogen and oxygen atoms in total. The molecule has 0 saturated heterocycles. The number of nitro groups is 1. The number of rotatable bonds is 2. The number of aromatic nitrogens is 1. The van der Waals surface area contributed by atoms with Crippen LogP contribution in [0.3, 0.4) is 0 Å². The van der Waals surface area contributed by atoms with E-state index in [9.17, 15) is 23.7 Å². The van der Waals surface area contributed by atoms with E-state index in [1.165, 1.54) is 0 Å². The topological polar surface area (TPSA) is 76.0 Å². The van der Waals surface area contributed by atoms with E-state index in [-0.39, 0.29) is 3.70 Å². The molecule has 0 amide bonds. The number of H-pyrrole nitrogens is 1. The second kappa shape index (κ2) is 3.98. The minimum atomic E-state index is -3.16. The minimum absolute atomic E-state index is 0.142. The second-order valence-electron chi connectivity index (χ2n) is 2.30. The molecule has 1 heterocycles. The molecular formula is C6H3F2IN2O3. The molecule has 1 aromatic heterocycles. The van der Waals surface area contributed by atoms with Gasteiger partial charge in [-0.2, -0.15) is 0 Å². The molecule has 8 heteroatoms. The van der Waals surface area contributed by atoms with Crippen LogP contribution in [0.4, 0.5) is 14.6 Å². The lowest BCUT2D eigenvalue weighted by atomic mass is 10.2. The Kier molecular flexibility index (Phi) is 3.13. The molecule has 0 unspecified atom stereocenters. The first-order valence-corrected chi connectivity index (χ1v) is 4.36. The molecule has 0 aliphatic carbocycles. The molecule has 0 saturated carbocycles. The molecule has 1 aromatic rings. The van der Waals surface area contributed by atoms with Crippen LogP contribution in [0.15, 0.2) is 10.9 Å². The number of aromatic amines is 1. The van der Waals surface area contributed by atoms with Crippen LogP contribution in [0.5, 0.6) is 0 Å². The highest BCUT2D eigenvalue weighted by atomic mass is 127. The molecule has 0 spiro atoms. The molecule has 0 fully saturated rings. The van der Waals surface area contributed by atoms with Crippen LogP contribution in [0, 0.1) is 13.8 Å². The molecule has 1 N–H and O–H groups in total. The van der Waals surface area contributed by atoms with E-state index in [0.717, 1.165) is 6.07 Å². The predicted molar refractivity (Wildman–Crippen MR) is 51.4 cm³/mol. The third-order valence-electron chi connectivity index (χ3n) is 1.42. The molecule has 0 aliphatic heterocycles. The fourth-order valence-corrected chi connectivity index (χ4v) is 1.42. The lowest BCUT2D eigenvalue weighted by Crippen LogP contribution is -2.14. The van der Waals surface area contributed by atoms with Gasteiger partial charge >= 0.3 is 5.82 Å². The molecule has 0 aliphatic rings. The van der Waals surface area contributed by atoms with E-state index >= 15 is 0 Å². The SMILES string of the molecule is O=c1cc(I)[nH]c([N+](=O)[O-])c1C(F)F. The summed E-state index contributed by atoms with van der Waals surface area (Å²) in [5.41, 5.74) is -2.13. The van der Waals surface area contributed by atoms with Crippen molar-refractivity contribution in [3.05, 3.63) is 35.7 Å². The Bertz CT molecular complexity index is 432. The quantitative estimate of drug-likeness (QED) is 0.391. The largest absolute Gasteiger partial charge is 0.358 e. The van der Waals surface area contributed by atoms with Gasteiger partial charge in [0.1, 0.15) is 0 Å². The van der Waals surface area contributed by atoms with E-state index in [4.69, 9.17) is 0 Å². The van der Waals surface area contributed by atoms with Crippen molar-refractivity contribution in [2.24, 2.45) is 0 Å². The van der Waals surface area contributed by atoms with Crippen molar-refractivity contribution in [3.8, 4) is 0 Å². The number of alkyl halides is 2. The van der Waals surface area contributed by atoms with Crippen LogP contribution >= 0.6 is 22.6 Å². The van der Waals surface area contributed by atoms with E-state index < -0.39 is 28.2 Å². The Labute approximate surface area is 89.4 Å². The molecule has 0 atom stereocenters. The monoisotopic (exact) mass is 316 g/mol. The Morgan fingerprint density at radius 3 is 2.57 bits per heavy atom. The van der Waals surface area contributed by atoms with Gasteiger partial charge in [-0.05, 0) is 4.92 Å². The van der Waals surface area contributed by atoms with Gasteiger partial charge in [0.2, 0.25) is 5.43 Å². The maximum atomic E-state index is 12.3. The van der Waals surface area contributed by atoms with Gasteiger partial charge in [-0.15, -0.1) is 0 Å². The number of nitrogens with one attached hydrogen (secondary N) is 1. The first-order chi connectivity index (χ1) is 6.43. The van der Waals surface area contributed by atoms with Crippen molar-refractivity contribution in [2.75, 3.05) is 0 Å². The Hall–Kier alpha value is -1.06. The summed E-state index contributed by atoms with van der Waals surface area (Å²) in [6, 6.07) is 0.884.